The van der Waals surface area contributed by atoms with Gasteiger partial charge >= 0.3 is 11.9 Å². The molecule has 0 amide bonds. The molecule has 0 aliphatic heterocycles. The lowest BCUT2D eigenvalue weighted by Gasteiger charge is -2.10. The lowest BCUT2D eigenvalue weighted by Crippen LogP contribution is -2.14. The zero-order valence-corrected chi connectivity index (χ0v) is 22.1. The van der Waals surface area contributed by atoms with Crippen LogP contribution in [0.15, 0.2) is 12.7 Å². The van der Waals surface area contributed by atoms with Gasteiger partial charge in [-0.05, 0) is 26.2 Å². The summed E-state index contributed by atoms with van der Waals surface area (Å²) in [5, 5.41) is 0. The van der Waals surface area contributed by atoms with E-state index in [0.29, 0.717) is 38.7 Å². The molecule has 0 saturated heterocycles. The van der Waals surface area contributed by atoms with Gasteiger partial charge in [-0.15, -0.1) is 6.58 Å². The maximum Gasteiger partial charge on any atom is 0.306 e. The van der Waals surface area contributed by atoms with Crippen LogP contribution < -0.4 is 0 Å². The Labute approximate surface area is 205 Å². The number of ether oxygens (including phenoxy) is 2. The van der Waals surface area contributed by atoms with Gasteiger partial charge in [-0.3, -0.25) is 9.59 Å². The molecule has 0 aromatic carbocycles. The first-order chi connectivity index (χ1) is 16.1. The number of carbonyl (C=O) groups is 2. The normalized spacial score (nSPS) is 11.8. The Kier molecular flexibility index (Phi) is 24.3. The molecule has 0 aliphatic carbocycles. The highest BCUT2D eigenvalue weighted by atomic mass is 16.5. The monoisotopic (exact) mass is 466 g/mol. The topological polar surface area (TPSA) is 52.6 Å². The third-order valence-corrected chi connectivity index (χ3v) is 6.10. The Morgan fingerprint density at radius 2 is 1.09 bits per heavy atom. The molecule has 0 bridgehead atoms. The highest BCUT2D eigenvalue weighted by Gasteiger charge is 2.09. The van der Waals surface area contributed by atoms with E-state index in [1.807, 2.05) is 6.92 Å². The lowest BCUT2D eigenvalue weighted by molar-refractivity contribution is -0.149. The molecule has 4 heteroatoms. The largest absolute Gasteiger partial charge is 0.466 e. The van der Waals surface area contributed by atoms with E-state index in [2.05, 4.69) is 13.5 Å². The van der Waals surface area contributed by atoms with Crippen molar-refractivity contribution < 1.29 is 19.1 Å². The van der Waals surface area contributed by atoms with E-state index in [1.54, 1.807) is 6.08 Å². The van der Waals surface area contributed by atoms with Gasteiger partial charge in [0, 0.05) is 19.3 Å². The summed E-state index contributed by atoms with van der Waals surface area (Å²) in [4.78, 5) is 23.4. The second-order valence-corrected chi connectivity index (χ2v) is 9.56. The highest BCUT2D eigenvalue weighted by molar-refractivity contribution is 5.70. The van der Waals surface area contributed by atoms with Crippen LogP contribution in [0, 0.1) is 0 Å². The molecule has 33 heavy (non-hydrogen) atoms. The minimum Gasteiger partial charge on any atom is -0.466 e. The minimum atomic E-state index is -0.203. The van der Waals surface area contributed by atoms with Crippen LogP contribution in [0.1, 0.15) is 149 Å². The minimum absolute atomic E-state index is 0.125. The Morgan fingerprint density at radius 3 is 1.55 bits per heavy atom. The summed E-state index contributed by atoms with van der Waals surface area (Å²) in [7, 11) is 0. The van der Waals surface area contributed by atoms with Crippen molar-refractivity contribution in [2.24, 2.45) is 0 Å². The van der Waals surface area contributed by atoms with Crippen LogP contribution in [-0.4, -0.2) is 24.6 Å². The number of hydrogen-bond acceptors (Lipinski definition) is 4. The highest BCUT2D eigenvalue weighted by Crippen LogP contribution is 2.14. The Balaban J connectivity index is 3.27. The van der Waals surface area contributed by atoms with E-state index in [0.717, 1.165) is 12.8 Å². The zero-order valence-electron chi connectivity index (χ0n) is 22.1. The zero-order chi connectivity index (χ0) is 24.4. The molecule has 0 radical (unpaired) electrons. The molecule has 194 valence electrons. The lowest BCUT2D eigenvalue weighted by atomic mass is 10.0. The summed E-state index contributed by atoms with van der Waals surface area (Å²) < 4.78 is 10.5. The predicted molar refractivity (Wildman–Crippen MR) is 139 cm³/mol. The number of esters is 2. The van der Waals surface area contributed by atoms with Crippen LogP contribution >= 0.6 is 0 Å². The van der Waals surface area contributed by atoms with Gasteiger partial charge in [0.1, 0.15) is 6.10 Å². The summed E-state index contributed by atoms with van der Waals surface area (Å²) in [5.74, 6) is -0.352. The molecule has 1 unspecified atom stereocenters. The van der Waals surface area contributed by atoms with Gasteiger partial charge in [0.25, 0.3) is 0 Å². The molecule has 0 aliphatic rings. The van der Waals surface area contributed by atoms with Crippen LogP contribution in [0.3, 0.4) is 0 Å². The first-order valence-corrected chi connectivity index (χ1v) is 14.1. The third kappa shape index (κ3) is 25.1. The van der Waals surface area contributed by atoms with E-state index in [4.69, 9.17) is 9.47 Å². The number of carbonyl (C=O) groups excluding carboxylic acids is 2. The van der Waals surface area contributed by atoms with Crippen molar-refractivity contribution in [3.8, 4) is 0 Å². The van der Waals surface area contributed by atoms with Crippen molar-refractivity contribution in [1.29, 1.82) is 0 Å². The van der Waals surface area contributed by atoms with Gasteiger partial charge in [0.05, 0.1) is 6.61 Å². The van der Waals surface area contributed by atoms with E-state index < -0.39 is 0 Å². The van der Waals surface area contributed by atoms with Gasteiger partial charge in [0.2, 0.25) is 0 Å². The molecule has 0 N–H and O–H groups in total. The van der Waals surface area contributed by atoms with Gasteiger partial charge < -0.3 is 9.47 Å². The summed E-state index contributed by atoms with van der Waals surface area (Å²) in [6.07, 6.45) is 25.8. The van der Waals surface area contributed by atoms with Crippen LogP contribution in [0.4, 0.5) is 0 Å². The molecule has 0 spiro atoms. The average molecular weight is 467 g/mol. The number of unbranched alkanes of at least 4 members (excludes halogenated alkanes) is 16. The smallest absolute Gasteiger partial charge is 0.306 e. The molecular formula is C29H54O4. The quantitative estimate of drug-likeness (QED) is 0.0765. The van der Waals surface area contributed by atoms with Crippen molar-refractivity contribution in [3.05, 3.63) is 12.7 Å². The van der Waals surface area contributed by atoms with E-state index in [9.17, 15) is 9.59 Å². The van der Waals surface area contributed by atoms with E-state index in [-0.39, 0.29) is 18.0 Å². The van der Waals surface area contributed by atoms with Crippen LogP contribution in [-0.2, 0) is 19.1 Å². The van der Waals surface area contributed by atoms with Crippen LogP contribution in [0.2, 0.25) is 0 Å². The van der Waals surface area contributed by atoms with Gasteiger partial charge in [-0.25, -0.2) is 0 Å². The fraction of sp³-hybridized carbons (Fsp3) is 0.862. The molecule has 1 atom stereocenters. The van der Waals surface area contributed by atoms with E-state index >= 15 is 0 Å². The van der Waals surface area contributed by atoms with Crippen molar-refractivity contribution in [2.75, 3.05) is 6.61 Å². The van der Waals surface area contributed by atoms with Gasteiger partial charge in [0.15, 0.2) is 0 Å². The first kappa shape index (κ1) is 31.7. The fourth-order valence-electron chi connectivity index (χ4n) is 4.01. The van der Waals surface area contributed by atoms with Crippen LogP contribution in [0.25, 0.3) is 0 Å². The number of hydrogen-bond donors (Lipinski definition) is 0. The summed E-state index contributed by atoms with van der Waals surface area (Å²) in [6.45, 7) is 8.29. The maximum absolute atomic E-state index is 11.8. The molecule has 0 aromatic rings. The van der Waals surface area contributed by atoms with Crippen molar-refractivity contribution in [3.63, 3.8) is 0 Å². The van der Waals surface area contributed by atoms with Gasteiger partial charge in [-0.1, -0.05) is 109 Å². The van der Waals surface area contributed by atoms with Crippen molar-refractivity contribution in [1.82, 2.24) is 0 Å². The molecule has 0 fully saturated rings. The molecule has 4 nitrogen and oxygen atoms in total. The summed E-state index contributed by atoms with van der Waals surface area (Å²) in [6, 6.07) is 0. The van der Waals surface area contributed by atoms with Crippen molar-refractivity contribution in [2.45, 2.75) is 155 Å². The predicted octanol–water partition coefficient (Wildman–Crippen LogP) is 8.86. The Morgan fingerprint density at radius 1 is 0.667 bits per heavy atom. The van der Waals surface area contributed by atoms with Gasteiger partial charge in [-0.2, -0.15) is 0 Å². The Bertz CT molecular complexity index is 461. The second kappa shape index (κ2) is 25.3. The fourth-order valence-corrected chi connectivity index (χ4v) is 4.01. The maximum atomic E-state index is 11.8. The second-order valence-electron chi connectivity index (χ2n) is 9.56. The number of rotatable bonds is 25. The van der Waals surface area contributed by atoms with E-state index in [1.165, 1.54) is 89.9 Å². The molecule has 0 aromatic heterocycles. The molecule has 0 saturated carbocycles. The molecular weight excluding hydrogens is 412 g/mol. The standard InChI is InChI=1S/C29H54O4/c1-4-6-7-8-9-10-11-12-13-14-15-16-17-18-19-22-26-32-28(30)24-20-21-25-29(31)33-27(3)23-5-2/h5,27H,2,4,6-26H2,1,3H3. The molecule has 0 heterocycles. The van der Waals surface area contributed by atoms with Crippen LogP contribution in [0.5, 0.6) is 0 Å². The SMILES string of the molecule is C=CCC(C)OC(=O)CCCCC(=O)OCCCCCCCCCCCCCCCCCC. The summed E-state index contributed by atoms with van der Waals surface area (Å²) in [5.41, 5.74) is 0. The third-order valence-electron chi connectivity index (χ3n) is 6.10. The van der Waals surface area contributed by atoms with Crippen molar-refractivity contribution >= 4 is 11.9 Å². The molecule has 0 rings (SSSR count). The average Bonchev–Trinajstić information content (AvgIpc) is 2.79. The summed E-state index contributed by atoms with van der Waals surface area (Å²) >= 11 is 0. The Hall–Kier alpha value is -1.32. The first-order valence-electron chi connectivity index (χ1n) is 14.1.